The van der Waals surface area contributed by atoms with Crippen LogP contribution in [0.3, 0.4) is 0 Å². The lowest BCUT2D eigenvalue weighted by molar-refractivity contribution is -0.136. The van der Waals surface area contributed by atoms with Gasteiger partial charge < -0.3 is 9.64 Å². The Hall–Kier alpha value is -2.42. The fourth-order valence-electron chi connectivity index (χ4n) is 3.16. The summed E-state index contributed by atoms with van der Waals surface area (Å²) < 4.78 is 32.0. The molecule has 0 fully saturated rings. The van der Waals surface area contributed by atoms with E-state index in [1.807, 2.05) is 44.2 Å². The minimum Gasteiger partial charge on any atom is -0.452 e. The van der Waals surface area contributed by atoms with E-state index in [1.54, 1.807) is 18.7 Å². The number of nitrogens with zero attached hydrogens (tertiary/aromatic N) is 2. The molecule has 2 aromatic rings. The summed E-state index contributed by atoms with van der Waals surface area (Å²) in [5.41, 5.74) is 0.852. The predicted octanol–water partition coefficient (Wildman–Crippen LogP) is 3.96. The van der Waals surface area contributed by atoms with Crippen LogP contribution in [0.5, 0.6) is 0 Å². The Kier molecular flexibility index (Phi) is 9.24. The largest absolute Gasteiger partial charge is 0.452 e. The number of sulfonamides is 1. The molecule has 0 N–H and O–H groups in total. The maximum Gasteiger partial charge on any atom is 0.340 e. The fraction of sp³-hybridized carbons (Fsp3) is 0.391. The van der Waals surface area contributed by atoms with E-state index < -0.39 is 22.6 Å². The second kappa shape index (κ2) is 11.4. The van der Waals surface area contributed by atoms with Crippen LogP contribution < -0.4 is 0 Å². The van der Waals surface area contributed by atoms with Crippen LogP contribution in [0.25, 0.3) is 0 Å². The molecule has 0 unspecified atom stereocenters. The fourth-order valence-corrected chi connectivity index (χ4v) is 4.84. The Balaban J connectivity index is 2.15. The zero-order valence-electron chi connectivity index (χ0n) is 18.7. The molecule has 0 saturated heterocycles. The summed E-state index contributed by atoms with van der Waals surface area (Å²) in [5.74, 6) is -1.22. The Bertz CT molecular complexity index is 1040. The van der Waals surface area contributed by atoms with Crippen LogP contribution in [0.1, 0.15) is 43.6 Å². The monoisotopic (exact) mass is 480 g/mol. The summed E-state index contributed by atoms with van der Waals surface area (Å²) in [6.45, 7) is 7.70. The zero-order chi connectivity index (χ0) is 23.9. The number of esters is 1. The van der Waals surface area contributed by atoms with Crippen molar-refractivity contribution in [2.75, 3.05) is 19.7 Å². The minimum atomic E-state index is -3.77. The molecule has 2 aromatic carbocycles. The van der Waals surface area contributed by atoms with Gasteiger partial charge in [-0.3, -0.25) is 4.79 Å². The van der Waals surface area contributed by atoms with E-state index in [9.17, 15) is 18.0 Å². The van der Waals surface area contributed by atoms with E-state index in [2.05, 4.69) is 0 Å². The van der Waals surface area contributed by atoms with Gasteiger partial charge in [0.2, 0.25) is 10.0 Å². The molecule has 9 heteroatoms. The molecule has 0 radical (unpaired) electrons. The smallest absolute Gasteiger partial charge is 0.340 e. The predicted molar refractivity (Wildman–Crippen MR) is 124 cm³/mol. The molecule has 0 heterocycles. The van der Waals surface area contributed by atoms with Gasteiger partial charge in [0.1, 0.15) is 0 Å². The van der Waals surface area contributed by atoms with Crippen molar-refractivity contribution < 1.29 is 22.7 Å². The average molecular weight is 481 g/mol. The van der Waals surface area contributed by atoms with Crippen LogP contribution in [-0.4, -0.2) is 55.2 Å². The molecular weight excluding hydrogens is 452 g/mol. The number of ether oxygens (including phenoxy) is 1. The van der Waals surface area contributed by atoms with Gasteiger partial charge in [-0.25, -0.2) is 13.2 Å². The van der Waals surface area contributed by atoms with E-state index in [-0.39, 0.29) is 27.4 Å². The second-order valence-corrected chi connectivity index (χ2v) is 9.75. The van der Waals surface area contributed by atoms with Gasteiger partial charge >= 0.3 is 5.97 Å². The van der Waals surface area contributed by atoms with Crippen molar-refractivity contribution in [2.45, 2.75) is 45.2 Å². The van der Waals surface area contributed by atoms with Crippen LogP contribution in [-0.2, 0) is 26.1 Å². The van der Waals surface area contributed by atoms with Gasteiger partial charge in [-0.2, -0.15) is 4.31 Å². The number of rotatable bonds is 10. The summed E-state index contributed by atoms with van der Waals surface area (Å²) in [6, 6.07) is 13.3. The summed E-state index contributed by atoms with van der Waals surface area (Å²) in [4.78, 5) is 26.9. The molecule has 2 rings (SSSR count). The van der Waals surface area contributed by atoms with Crippen LogP contribution in [0.15, 0.2) is 53.4 Å². The number of benzene rings is 2. The Morgan fingerprint density at radius 3 is 2.22 bits per heavy atom. The first-order chi connectivity index (χ1) is 15.1. The lowest BCUT2D eigenvalue weighted by Crippen LogP contribution is -2.39. The molecule has 0 bridgehead atoms. The standard InChI is InChI=1S/C23H29ClN2O5S/c1-5-25(6-2)32(29,30)19-12-13-21(24)20(14-19)23(28)31-16-22(27)26(17(3)4)15-18-10-8-7-9-11-18/h7-14,17H,5-6,15-16H2,1-4H3. The highest BCUT2D eigenvalue weighted by Crippen LogP contribution is 2.24. The molecule has 1 amide bonds. The van der Waals surface area contributed by atoms with E-state index >= 15 is 0 Å². The minimum absolute atomic E-state index is 0.0472. The van der Waals surface area contributed by atoms with Gasteiger partial charge in [0.05, 0.1) is 15.5 Å². The average Bonchev–Trinajstić information content (AvgIpc) is 2.76. The van der Waals surface area contributed by atoms with Crippen LogP contribution in [0.4, 0.5) is 0 Å². The van der Waals surface area contributed by atoms with Crippen molar-refractivity contribution >= 4 is 33.5 Å². The number of carbonyl (C=O) groups is 2. The van der Waals surface area contributed by atoms with Crippen LogP contribution >= 0.6 is 11.6 Å². The topological polar surface area (TPSA) is 84.0 Å². The van der Waals surface area contributed by atoms with Crippen LogP contribution in [0.2, 0.25) is 5.02 Å². The first-order valence-electron chi connectivity index (χ1n) is 10.4. The summed E-state index contributed by atoms with van der Waals surface area (Å²) in [5, 5.41) is 0.0472. The van der Waals surface area contributed by atoms with E-state index in [0.29, 0.717) is 19.6 Å². The normalized spacial score (nSPS) is 11.6. The highest BCUT2D eigenvalue weighted by atomic mass is 35.5. The maximum atomic E-state index is 12.8. The van der Waals surface area contributed by atoms with Crippen molar-refractivity contribution in [3.05, 3.63) is 64.7 Å². The number of hydrogen-bond donors (Lipinski definition) is 0. The molecule has 174 valence electrons. The second-order valence-electron chi connectivity index (χ2n) is 7.41. The number of halogens is 1. The van der Waals surface area contributed by atoms with Crippen molar-refractivity contribution in [3.63, 3.8) is 0 Å². The first-order valence-corrected chi connectivity index (χ1v) is 12.2. The molecule has 0 aliphatic heterocycles. The lowest BCUT2D eigenvalue weighted by Gasteiger charge is -2.26. The Morgan fingerprint density at radius 1 is 1.03 bits per heavy atom. The molecule has 0 atom stereocenters. The lowest BCUT2D eigenvalue weighted by atomic mass is 10.2. The maximum absolute atomic E-state index is 12.8. The van der Waals surface area contributed by atoms with Gasteiger partial charge in [-0.15, -0.1) is 0 Å². The van der Waals surface area contributed by atoms with Gasteiger partial charge in [0.15, 0.2) is 6.61 Å². The van der Waals surface area contributed by atoms with Crippen molar-refractivity contribution in [1.29, 1.82) is 0 Å². The quantitative estimate of drug-likeness (QED) is 0.480. The highest BCUT2D eigenvalue weighted by molar-refractivity contribution is 7.89. The summed E-state index contributed by atoms with van der Waals surface area (Å²) in [6.07, 6.45) is 0. The third kappa shape index (κ3) is 6.31. The molecule has 0 aromatic heterocycles. The van der Waals surface area contributed by atoms with Crippen molar-refractivity contribution in [3.8, 4) is 0 Å². The van der Waals surface area contributed by atoms with Crippen LogP contribution in [0, 0.1) is 0 Å². The van der Waals surface area contributed by atoms with Gasteiger partial charge in [0, 0.05) is 25.7 Å². The molecule has 32 heavy (non-hydrogen) atoms. The van der Waals surface area contributed by atoms with E-state index in [1.165, 1.54) is 22.5 Å². The zero-order valence-corrected chi connectivity index (χ0v) is 20.3. The number of hydrogen-bond acceptors (Lipinski definition) is 5. The highest BCUT2D eigenvalue weighted by Gasteiger charge is 2.25. The number of carbonyl (C=O) groups excluding carboxylic acids is 2. The van der Waals surface area contributed by atoms with Crippen molar-refractivity contribution in [2.24, 2.45) is 0 Å². The number of amides is 1. The van der Waals surface area contributed by atoms with Gasteiger partial charge in [0.25, 0.3) is 5.91 Å². The Labute approximate surface area is 195 Å². The molecule has 0 aliphatic rings. The third-order valence-corrected chi connectivity index (χ3v) is 7.34. The molecule has 0 aliphatic carbocycles. The Morgan fingerprint density at radius 2 is 1.66 bits per heavy atom. The first kappa shape index (κ1) is 25.8. The van der Waals surface area contributed by atoms with E-state index in [4.69, 9.17) is 16.3 Å². The van der Waals surface area contributed by atoms with Gasteiger partial charge in [-0.05, 0) is 37.6 Å². The summed E-state index contributed by atoms with van der Waals surface area (Å²) >= 11 is 6.12. The molecule has 7 nitrogen and oxygen atoms in total. The van der Waals surface area contributed by atoms with Gasteiger partial charge in [-0.1, -0.05) is 55.8 Å². The third-order valence-electron chi connectivity index (χ3n) is 4.97. The summed E-state index contributed by atoms with van der Waals surface area (Å²) in [7, 11) is -3.77. The SMILES string of the molecule is CCN(CC)S(=O)(=O)c1ccc(Cl)c(C(=O)OCC(=O)N(Cc2ccccc2)C(C)C)c1. The molecule has 0 spiro atoms. The molecular formula is C23H29ClN2O5S. The van der Waals surface area contributed by atoms with Crippen molar-refractivity contribution in [1.82, 2.24) is 9.21 Å². The molecule has 0 saturated carbocycles. The van der Waals surface area contributed by atoms with E-state index in [0.717, 1.165) is 5.56 Å².